The van der Waals surface area contributed by atoms with Gasteiger partial charge in [0.1, 0.15) is 0 Å². The third-order valence-electron chi connectivity index (χ3n) is 4.31. The summed E-state index contributed by atoms with van der Waals surface area (Å²) in [5.41, 5.74) is 0. The highest BCUT2D eigenvalue weighted by molar-refractivity contribution is 6.29. The van der Waals surface area contributed by atoms with E-state index >= 15 is 0 Å². The van der Waals surface area contributed by atoms with E-state index < -0.39 is 0 Å². The highest BCUT2D eigenvalue weighted by atomic mass is 35.5. The SMILES string of the molecule is CCCCCCCC[C@@H](Cl)[C@@H](Cl)CCCCCCCC(=O)OC. The quantitative estimate of drug-likeness (QED) is 0.169. The van der Waals surface area contributed by atoms with Gasteiger partial charge in [-0.1, -0.05) is 71.1 Å². The number of carbonyl (C=O) groups excluding carboxylic acids is 1. The molecule has 0 aromatic heterocycles. The van der Waals surface area contributed by atoms with Gasteiger partial charge >= 0.3 is 5.97 Å². The smallest absolute Gasteiger partial charge is 0.305 e. The van der Waals surface area contributed by atoms with Crippen LogP contribution in [0.1, 0.15) is 96.8 Å². The Bertz CT molecular complexity index is 272. The van der Waals surface area contributed by atoms with E-state index in [0.29, 0.717) is 6.42 Å². The average Bonchev–Trinajstić information content (AvgIpc) is 2.56. The van der Waals surface area contributed by atoms with Crippen molar-refractivity contribution in [2.45, 2.75) is 108 Å². The molecule has 138 valence electrons. The van der Waals surface area contributed by atoms with Crippen LogP contribution in [0.15, 0.2) is 0 Å². The van der Waals surface area contributed by atoms with Crippen molar-refractivity contribution in [1.29, 1.82) is 0 Å². The van der Waals surface area contributed by atoms with Crippen LogP contribution in [-0.2, 0) is 9.53 Å². The van der Waals surface area contributed by atoms with Crippen LogP contribution in [0.3, 0.4) is 0 Å². The number of hydrogen-bond acceptors (Lipinski definition) is 2. The maximum Gasteiger partial charge on any atom is 0.305 e. The summed E-state index contributed by atoms with van der Waals surface area (Å²) >= 11 is 12.8. The van der Waals surface area contributed by atoms with Crippen LogP contribution in [0.25, 0.3) is 0 Å². The number of halogens is 2. The summed E-state index contributed by atoms with van der Waals surface area (Å²) in [5, 5.41) is 0.213. The molecule has 2 atom stereocenters. The molecule has 0 unspecified atom stereocenters. The van der Waals surface area contributed by atoms with Crippen molar-refractivity contribution >= 4 is 29.2 Å². The summed E-state index contributed by atoms with van der Waals surface area (Å²) in [6.07, 6.45) is 15.9. The lowest BCUT2D eigenvalue weighted by molar-refractivity contribution is -0.140. The van der Waals surface area contributed by atoms with Gasteiger partial charge in [0.2, 0.25) is 0 Å². The first kappa shape index (κ1) is 23.1. The van der Waals surface area contributed by atoms with E-state index in [2.05, 4.69) is 11.7 Å². The Morgan fingerprint density at radius 2 is 1.22 bits per heavy atom. The van der Waals surface area contributed by atoms with E-state index in [1.54, 1.807) is 0 Å². The lowest BCUT2D eigenvalue weighted by Crippen LogP contribution is -2.14. The second kappa shape index (κ2) is 16.9. The lowest BCUT2D eigenvalue weighted by Gasteiger charge is -2.16. The van der Waals surface area contributed by atoms with Crippen molar-refractivity contribution < 1.29 is 9.53 Å². The van der Waals surface area contributed by atoms with E-state index in [1.165, 1.54) is 52.1 Å². The molecule has 0 aliphatic rings. The van der Waals surface area contributed by atoms with Gasteiger partial charge in [-0.05, 0) is 19.3 Å². The summed E-state index contributed by atoms with van der Waals surface area (Å²) in [4.78, 5) is 11.0. The molecular weight excluding hydrogens is 331 g/mol. The molecule has 0 N–H and O–H groups in total. The topological polar surface area (TPSA) is 26.3 Å². The van der Waals surface area contributed by atoms with Gasteiger partial charge in [0.25, 0.3) is 0 Å². The zero-order valence-corrected chi connectivity index (χ0v) is 16.6. The third kappa shape index (κ3) is 15.3. The number of alkyl halides is 2. The second-order valence-corrected chi connectivity index (χ2v) is 7.59. The van der Waals surface area contributed by atoms with Crippen LogP contribution in [-0.4, -0.2) is 23.8 Å². The Morgan fingerprint density at radius 1 is 0.783 bits per heavy atom. The molecule has 0 aliphatic carbocycles. The first-order chi connectivity index (χ1) is 11.1. The van der Waals surface area contributed by atoms with E-state index in [0.717, 1.165) is 38.5 Å². The molecule has 0 rings (SSSR count). The number of rotatable bonds is 16. The summed E-state index contributed by atoms with van der Waals surface area (Å²) in [5.74, 6) is -0.106. The maximum absolute atomic E-state index is 11.0. The molecular formula is C19H36Cl2O2. The first-order valence-electron chi connectivity index (χ1n) is 9.46. The fraction of sp³-hybridized carbons (Fsp3) is 0.947. The molecule has 0 radical (unpaired) electrons. The molecule has 0 aromatic rings. The summed E-state index contributed by atoms with van der Waals surface area (Å²) in [6.45, 7) is 2.24. The van der Waals surface area contributed by atoms with Crippen LogP contribution in [0.2, 0.25) is 0 Å². The summed E-state index contributed by atoms with van der Waals surface area (Å²) < 4.78 is 4.62. The molecule has 0 heterocycles. The third-order valence-corrected chi connectivity index (χ3v) is 5.49. The predicted octanol–water partition coefficient (Wildman–Crippen LogP) is 6.86. The van der Waals surface area contributed by atoms with Crippen molar-refractivity contribution in [3.05, 3.63) is 0 Å². The Labute approximate surface area is 153 Å². The van der Waals surface area contributed by atoms with Crippen LogP contribution >= 0.6 is 23.2 Å². The molecule has 0 saturated carbocycles. The number of hydrogen-bond donors (Lipinski definition) is 0. The molecule has 0 amide bonds. The number of carbonyl (C=O) groups is 1. The van der Waals surface area contributed by atoms with Crippen molar-refractivity contribution in [2.24, 2.45) is 0 Å². The van der Waals surface area contributed by atoms with Crippen molar-refractivity contribution in [3.8, 4) is 0 Å². The highest BCUT2D eigenvalue weighted by Crippen LogP contribution is 2.23. The molecule has 0 spiro atoms. The van der Waals surface area contributed by atoms with Gasteiger partial charge < -0.3 is 4.74 Å². The maximum atomic E-state index is 11.0. The van der Waals surface area contributed by atoms with Crippen molar-refractivity contribution in [2.75, 3.05) is 7.11 Å². The normalized spacial score (nSPS) is 13.7. The van der Waals surface area contributed by atoms with Crippen LogP contribution in [0, 0.1) is 0 Å². The molecule has 0 bridgehead atoms. The predicted molar refractivity (Wildman–Crippen MR) is 102 cm³/mol. The molecule has 2 nitrogen and oxygen atoms in total. The van der Waals surface area contributed by atoms with E-state index in [9.17, 15) is 4.79 Å². The van der Waals surface area contributed by atoms with Gasteiger partial charge in [0.15, 0.2) is 0 Å². The standard InChI is InChI=1S/C19H36Cl2O2/c1-3-4-5-6-8-11-14-17(20)18(21)15-12-9-7-10-13-16-19(22)23-2/h17-18H,3-16H2,1-2H3/t17-,18+/m1/s1. The Kier molecular flexibility index (Phi) is 16.9. The minimum Gasteiger partial charge on any atom is -0.469 e. The fourth-order valence-corrected chi connectivity index (χ4v) is 3.28. The fourth-order valence-electron chi connectivity index (χ4n) is 2.72. The van der Waals surface area contributed by atoms with Gasteiger partial charge in [-0.3, -0.25) is 4.79 Å². The van der Waals surface area contributed by atoms with Crippen LogP contribution in [0.5, 0.6) is 0 Å². The van der Waals surface area contributed by atoms with Gasteiger partial charge in [-0.25, -0.2) is 0 Å². The van der Waals surface area contributed by atoms with Gasteiger partial charge in [0, 0.05) is 17.2 Å². The second-order valence-electron chi connectivity index (χ2n) is 6.47. The largest absolute Gasteiger partial charge is 0.469 e. The zero-order valence-electron chi connectivity index (χ0n) is 15.1. The minimum absolute atomic E-state index is 0.0994. The average molecular weight is 367 g/mol. The molecule has 0 aliphatic heterocycles. The van der Waals surface area contributed by atoms with E-state index in [-0.39, 0.29) is 16.7 Å². The Balaban J connectivity index is 3.40. The van der Waals surface area contributed by atoms with Crippen LogP contribution < -0.4 is 0 Å². The number of esters is 1. The van der Waals surface area contributed by atoms with E-state index in [1.807, 2.05) is 0 Å². The Hall–Kier alpha value is 0.0500. The molecule has 0 fully saturated rings. The van der Waals surface area contributed by atoms with Gasteiger partial charge in [-0.15, -0.1) is 23.2 Å². The summed E-state index contributed by atoms with van der Waals surface area (Å²) in [6, 6.07) is 0. The minimum atomic E-state index is -0.106. The Morgan fingerprint density at radius 3 is 1.70 bits per heavy atom. The molecule has 23 heavy (non-hydrogen) atoms. The first-order valence-corrected chi connectivity index (χ1v) is 10.3. The van der Waals surface area contributed by atoms with Gasteiger partial charge in [0.05, 0.1) is 7.11 Å². The monoisotopic (exact) mass is 366 g/mol. The van der Waals surface area contributed by atoms with E-state index in [4.69, 9.17) is 23.2 Å². The number of unbranched alkanes of at least 4 members (excludes halogenated alkanes) is 9. The zero-order chi connectivity index (χ0) is 17.3. The van der Waals surface area contributed by atoms with Crippen molar-refractivity contribution in [1.82, 2.24) is 0 Å². The molecule has 0 aromatic carbocycles. The lowest BCUT2D eigenvalue weighted by atomic mass is 10.0. The van der Waals surface area contributed by atoms with Gasteiger partial charge in [-0.2, -0.15) is 0 Å². The summed E-state index contributed by atoms with van der Waals surface area (Å²) in [7, 11) is 1.44. The molecule has 0 saturated heterocycles. The highest BCUT2D eigenvalue weighted by Gasteiger charge is 2.15. The number of ether oxygens (including phenoxy) is 1. The molecule has 4 heteroatoms. The van der Waals surface area contributed by atoms with Crippen LogP contribution in [0.4, 0.5) is 0 Å². The number of methoxy groups -OCH3 is 1. The van der Waals surface area contributed by atoms with Crippen molar-refractivity contribution in [3.63, 3.8) is 0 Å².